The number of rotatable bonds is 7. The van der Waals surface area contributed by atoms with Gasteiger partial charge in [-0.05, 0) is 6.92 Å². The van der Waals surface area contributed by atoms with E-state index in [1.807, 2.05) is 11.9 Å². The minimum atomic E-state index is -0.250. The van der Waals surface area contributed by atoms with Crippen LogP contribution in [0.2, 0.25) is 5.15 Å². The Labute approximate surface area is 112 Å². The van der Waals surface area contributed by atoms with Crippen molar-refractivity contribution in [2.75, 3.05) is 19.7 Å². The Morgan fingerprint density at radius 1 is 1.72 bits per heavy atom. The van der Waals surface area contributed by atoms with Crippen LogP contribution in [0, 0.1) is 0 Å². The average Bonchev–Trinajstić information content (AvgIpc) is 2.61. The number of nitrogens with zero attached hydrogens (tertiary/aromatic N) is 3. The highest BCUT2D eigenvalue weighted by Crippen LogP contribution is 2.11. The lowest BCUT2D eigenvalue weighted by molar-refractivity contribution is -0.144. The molecule has 18 heavy (non-hydrogen) atoms. The van der Waals surface area contributed by atoms with Gasteiger partial charge >= 0.3 is 5.97 Å². The maximum absolute atomic E-state index is 11.5. The van der Waals surface area contributed by atoms with Gasteiger partial charge in [0.1, 0.15) is 11.0 Å². The molecular formula is C12H18ClN3O2. The summed E-state index contributed by atoms with van der Waals surface area (Å²) in [6, 6.07) is 0. The summed E-state index contributed by atoms with van der Waals surface area (Å²) in [4.78, 5) is 17.5. The monoisotopic (exact) mass is 271 g/mol. The minimum absolute atomic E-state index is 0.213. The van der Waals surface area contributed by atoms with Crippen molar-refractivity contribution in [2.45, 2.75) is 13.5 Å². The molecule has 0 saturated carbocycles. The Morgan fingerprint density at radius 2 is 2.44 bits per heavy atom. The molecule has 0 aliphatic rings. The zero-order chi connectivity index (χ0) is 13.5. The van der Waals surface area contributed by atoms with Gasteiger partial charge in [-0.25, -0.2) is 4.98 Å². The van der Waals surface area contributed by atoms with Crippen LogP contribution in [-0.4, -0.2) is 40.1 Å². The van der Waals surface area contributed by atoms with Crippen molar-refractivity contribution < 1.29 is 9.53 Å². The van der Waals surface area contributed by atoms with E-state index in [9.17, 15) is 4.79 Å². The molecular weight excluding hydrogens is 254 g/mol. The molecule has 0 bridgehead atoms. The SMILES string of the molecule is C=CCN(CC(=O)OCC)Cc1ncc(Cl)n1C. The molecule has 100 valence electrons. The summed E-state index contributed by atoms with van der Waals surface area (Å²) < 4.78 is 6.70. The third-order valence-electron chi connectivity index (χ3n) is 2.44. The molecule has 0 spiro atoms. The van der Waals surface area contributed by atoms with Crippen LogP contribution in [0.4, 0.5) is 0 Å². The number of hydrogen-bond donors (Lipinski definition) is 0. The first kappa shape index (κ1) is 14.7. The average molecular weight is 272 g/mol. The smallest absolute Gasteiger partial charge is 0.320 e. The Kier molecular flexibility index (Phi) is 5.88. The highest BCUT2D eigenvalue weighted by atomic mass is 35.5. The maximum Gasteiger partial charge on any atom is 0.320 e. The van der Waals surface area contributed by atoms with E-state index in [4.69, 9.17) is 16.3 Å². The summed E-state index contributed by atoms with van der Waals surface area (Å²) in [5.41, 5.74) is 0. The Balaban J connectivity index is 2.65. The molecule has 5 nitrogen and oxygen atoms in total. The molecule has 1 heterocycles. The predicted molar refractivity (Wildman–Crippen MR) is 70.3 cm³/mol. The van der Waals surface area contributed by atoms with Gasteiger partial charge in [0.05, 0.1) is 25.9 Å². The van der Waals surface area contributed by atoms with Crippen molar-refractivity contribution in [3.63, 3.8) is 0 Å². The molecule has 0 aliphatic carbocycles. The molecule has 0 atom stereocenters. The second kappa shape index (κ2) is 7.18. The molecule has 0 saturated heterocycles. The van der Waals surface area contributed by atoms with E-state index in [2.05, 4.69) is 11.6 Å². The molecule has 1 aromatic heterocycles. The highest BCUT2D eigenvalue weighted by Gasteiger charge is 2.14. The zero-order valence-corrected chi connectivity index (χ0v) is 11.5. The van der Waals surface area contributed by atoms with Crippen LogP contribution in [0.25, 0.3) is 0 Å². The van der Waals surface area contributed by atoms with E-state index in [1.54, 1.807) is 23.8 Å². The molecule has 0 aliphatic heterocycles. The number of carbonyl (C=O) groups excluding carboxylic acids is 1. The quantitative estimate of drug-likeness (QED) is 0.559. The highest BCUT2D eigenvalue weighted by molar-refractivity contribution is 6.29. The van der Waals surface area contributed by atoms with Crippen LogP contribution in [0.5, 0.6) is 0 Å². The van der Waals surface area contributed by atoms with Crippen molar-refractivity contribution in [2.24, 2.45) is 7.05 Å². The summed E-state index contributed by atoms with van der Waals surface area (Å²) in [5, 5.41) is 0.569. The van der Waals surface area contributed by atoms with E-state index < -0.39 is 0 Å². The normalized spacial score (nSPS) is 10.7. The van der Waals surface area contributed by atoms with Crippen LogP contribution in [0.3, 0.4) is 0 Å². The van der Waals surface area contributed by atoms with Gasteiger partial charge < -0.3 is 9.30 Å². The fourth-order valence-electron chi connectivity index (χ4n) is 1.53. The van der Waals surface area contributed by atoms with E-state index in [1.165, 1.54) is 0 Å². The van der Waals surface area contributed by atoms with Crippen LogP contribution >= 0.6 is 11.6 Å². The van der Waals surface area contributed by atoms with Crippen LogP contribution in [0.1, 0.15) is 12.7 Å². The van der Waals surface area contributed by atoms with Crippen molar-refractivity contribution in [3.8, 4) is 0 Å². The summed E-state index contributed by atoms with van der Waals surface area (Å²) in [7, 11) is 1.83. The lowest BCUT2D eigenvalue weighted by Crippen LogP contribution is -2.31. The van der Waals surface area contributed by atoms with Crippen LogP contribution in [-0.2, 0) is 23.1 Å². The van der Waals surface area contributed by atoms with E-state index in [0.717, 1.165) is 5.82 Å². The molecule has 1 aromatic rings. The number of ether oxygens (including phenoxy) is 1. The van der Waals surface area contributed by atoms with Gasteiger partial charge in [0.15, 0.2) is 0 Å². The van der Waals surface area contributed by atoms with Crippen molar-refractivity contribution in [1.29, 1.82) is 0 Å². The minimum Gasteiger partial charge on any atom is -0.465 e. The van der Waals surface area contributed by atoms with Gasteiger partial charge in [-0.2, -0.15) is 0 Å². The van der Waals surface area contributed by atoms with Crippen molar-refractivity contribution in [3.05, 3.63) is 29.8 Å². The van der Waals surface area contributed by atoms with E-state index in [0.29, 0.717) is 24.8 Å². The lowest BCUT2D eigenvalue weighted by Gasteiger charge is -2.19. The number of halogens is 1. The largest absolute Gasteiger partial charge is 0.465 e. The second-order valence-corrected chi connectivity index (χ2v) is 4.21. The number of aromatic nitrogens is 2. The topological polar surface area (TPSA) is 47.4 Å². The molecule has 0 radical (unpaired) electrons. The van der Waals surface area contributed by atoms with Gasteiger partial charge in [-0.3, -0.25) is 9.69 Å². The van der Waals surface area contributed by atoms with Crippen LogP contribution < -0.4 is 0 Å². The first-order valence-corrected chi connectivity index (χ1v) is 6.11. The molecule has 6 heteroatoms. The first-order valence-electron chi connectivity index (χ1n) is 5.73. The van der Waals surface area contributed by atoms with Gasteiger partial charge in [-0.15, -0.1) is 6.58 Å². The fraction of sp³-hybridized carbons (Fsp3) is 0.500. The summed E-state index contributed by atoms with van der Waals surface area (Å²) in [6.07, 6.45) is 3.33. The Morgan fingerprint density at radius 3 is 2.94 bits per heavy atom. The maximum atomic E-state index is 11.5. The molecule has 0 amide bonds. The Bertz CT molecular complexity index is 417. The zero-order valence-electron chi connectivity index (χ0n) is 10.7. The first-order chi connectivity index (χ1) is 8.58. The fourth-order valence-corrected chi connectivity index (χ4v) is 1.67. The third-order valence-corrected chi connectivity index (χ3v) is 2.79. The Hall–Kier alpha value is -1.33. The van der Waals surface area contributed by atoms with Gasteiger partial charge in [0, 0.05) is 13.6 Å². The summed E-state index contributed by atoms with van der Waals surface area (Å²) >= 11 is 5.92. The number of hydrogen-bond acceptors (Lipinski definition) is 4. The number of imidazole rings is 1. The molecule has 0 aromatic carbocycles. The van der Waals surface area contributed by atoms with Crippen molar-refractivity contribution in [1.82, 2.24) is 14.5 Å². The summed E-state index contributed by atoms with van der Waals surface area (Å²) in [6.45, 7) is 7.17. The number of esters is 1. The summed E-state index contributed by atoms with van der Waals surface area (Å²) in [5.74, 6) is 0.547. The third kappa shape index (κ3) is 4.16. The van der Waals surface area contributed by atoms with Gasteiger partial charge in [-0.1, -0.05) is 17.7 Å². The lowest BCUT2D eigenvalue weighted by atomic mass is 10.4. The number of carbonyl (C=O) groups is 1. The van der Waals surface area contributed by atoms with Gasteiger partial charge in [0.25, 0.3) is 0 Å². The van der Waals surface area contributed by atoms with E-state index >= 15 is 0 Å². The molecule has 0 N–H and O–H groups in total. The molecule has 1 rings (SSSR count). The molecule has 0 unspecified atom stereocenters. The molecule has 0 fully saturated rings. The second-order valence-electron chi connectivity index (χ2n) is 3.82. The predicted octanol–water partition coefficient (Wildman–Crippen LogP) is 1.62. The van der Waals surface area contributed by atoms with Crippen molar-refractivity contribution >= 4 is 17.6 Å². The standard InChI is InChI=1S/C12H18ClN3O2/c1-4-6-16(9-12(17)18-5-2)8-11-14-7-10(13)15(11)3/h4,7H,1,5-6,8-9H2,2-3H3. The van der Waals surface area contributed by atoms with Crippen LogP contribution in [0.15, 0.2) is 18.9 Å². The van der Waals surface area contributed by atoms with Gasteiger partial charge in [0.2, 0.25) is 0 Å². The van der Waals surface area contributed by atoms with E-state index in [-0.39, 0.29) is 12.5 Å².